The Bertz CT molecular complexity index is 617. The van der Waals surface area contributed by atoms with Gasteiger partial charge in [0.25, 0.3) is 0 Å². The predicted molar refractivity (Wildman–Crippen MR) is 90.5 cm³/mol. The minimum Gasteiger partial charge on any atom is -0.508 e. The van der Waals surface area contributed by atoms with Gasteiger partial charge < -0.3 is 9.84 Å². The van der Waals surface area contributed by atoms with E-state index in [2.05, 4.69) is 46.8 Å². The fraction of sp³-hybridized carbons (Fsp3) is 0.600. The summed E-state index contributed by atoms with van der Waals surface area (Å²) < 4.78 is 6.08. The van der Waals surface area contributed by atoms with Crippen molar-refractivity contribution in [3.05, 3.63) is 35.1 Å². The molecule has 1 atom stereocenters. The molecule has 0 radical (unpaired) electrons. The molecule has 0 fully saturated rings. The molecule has 120 valence electrons. The lowest BCUT2D eigenvalue weighted by Gasteiger charge is -2.33. The third-order valence-electron chi connectivity index (χ3n) is 4.82. The average Bonchev–Trinajstić information content (AvgIpc) is 2.73. The lowest BCUT2D eigenvalue weighted by atomic mass is 9.71. The number of rotatable bonds is 2. The summed E-state index contributed by atoms with van der Waals surface area (Å²) in [7, 11) is 0. The number of phenolic OH excluding ortho intramolecular Hbond substituents is 1. The van der Waals surface area contributed by atoms with Gasteiger partial charge in [-0.2, -0.15) is 0 Å². The molecule has 0 amide bonds. The number of allylic oxidation sites excluding steroid dienone is 2. The number of hydrogen-bond donors (Lipinski definition) is 1. The van der Waals surface area contributed by atoms with E-state index in [4.69, 9.17) is 4.74 Å². The van der Waals surface area contributed by atoms with Gasteiger partial charge in [0.2, 0.25) is 0 Å². The quantitative estimate of drug-likeness (QED) is 0.764. The fourth-order valence-electron chi connectivity index (χ4n) is 4.31. The number of phenols is 1. The molecule has 0 spiro atoms. The van der Waals surface area contributed by atoms with Gasteiger partial charge in [0.05, 0.1) is 0 Å². The second-order valence-corrected chi connectivity index (χ2v) is 8.72. The second-order valence-electron chi connectivity index (χ2n) is 8.72. The van der Waals surface area contributed by atoms with Gasteiger partial charge in [-0.25, -0.2) is 0 Å². The van der Waals surface area contributed by atoms with Crippen LogP contribution in [-0.4, -0.2) is 5.11 Å². The van der Waals surface area contributed by atoms with Crippen molar-refractivity contribution in [1.29, 1.82) is 0 Å². The summed E-state index contributed by atoms with van der Waals surface area (Å²) in [5, 5.41) is 10.6. The summed E-state index contributed by atoms with van der Waals surface area (Å²) in [4.78, 5) is 0. The topological polar surface area (TPSA) is 29.5 Å². The van der Waals surface area contributed by atoms with Crippen molar-refractivity contribution in [2.45, 2.75) is 71.6 Å². The molecule has 0 saturated heterocycles. The molecule has 0 saturated carbocycles. The summed E-state index contributed by atoms with van der Waals surface area (Å²) in [6.45, 7) is 11.2. The highest BCUT2D eigenvalue weighted by molar-refractivity contribution is 5.55. The Morgan fingerprint density at radius 2 is 1.91 bits per heavy atom. The minimum absolute atomic E-state index is 0.0805. The molecule has 0 bridgehead atoms. The van der Waals surface area contributed by atoms with Crippen LogP contribution in [0.25, 0.3) is 0 Å². The molecule has 2 heteroatoms. The maximum absolute atomic E-state index is 10.6. The van der Waals surface area contributed by atoms with Crippen LogP contribution in [-0.2, 0) is 5.41 Å². The lowest BCUT2D eigenvalue weighted by molar-refractivity contribution is 0.278. The molecular formula is C20H28O2. The normalized spacial score (nSPS) is 21.0. The van der Waals surface area contributed by atoms with Crippen LogP contribution in [0.1, 0.15) is 77.3 Å². The van der Waals surface area contributed by atoms with E-state index in [1.807, 2.05) is 6.07 Å². The first-order valence-electron chi connectivity index (χ1n) is 8.43. The molecule has 22 heavy (non-hydrogen) atoms. The fourth-order valence-corrected chi connectivity index (χ4v) is 4.31. The molecule has 1 aromatic carbocycles. The van der Waals surface area contributed by atoms with Crippen LogP contribution in [0, 0.1) is 5.41 Å². The van der Waals surface area contributed by atoms with Crippen LogP contribution in [0.4, 0.5) is 0 Å². The SMILES string of the molecule is CC(C)(C)CC(C)(C)c1cc2c(cc1O)C1CCCC=C1O2. The Morgan fingerprint density at radius 3 is 2.59 bits per heavy atom. The molecule has 1 unspecified atom stereocenters. The number of fused-ring (bicyclic) bond motifs is 3. The molecule has 1 heterocycles. The first kappa shape index (κ1) is 15.5. The van der Waals surface area contributed by atoms with Gasteiger partial charge in [0, 0.05) is 17.0 Å². The van der Waals surface area contributed by atoms with Gasteiger partial charge in [0.15, 0.2) is 0 Å². The third-order valence-corrected chi connectivity index (χ3v) is 4.82. The van der Waals surface area contributed by atoms with Crippen LogP contribution in [0.2, 0.25) is 0 Å². The third kappa shape index (κ3) is 2.76. The summed E-state index contributed by atoms with van der Waals surface area (Å²) in [5.41, 5.74) is 2.30. The van der Waals surface area contributed by atoms with Gasteiger partial charge in [-0.05, 0) is 54.7 Å². The molecule has 3 rings (SSSR count). The first-order chi connectivity index (χ1) is 10.2. The molecule has 1 aromatic rings. The Morgan fingerprint density at radius 1 is 1.18 bits per heavy atom. The van der Waals surface area contributed by atoms with E-state index in [0.717, 1.165) is 36.3 Å². The van der Waals surface area contributed by atoms with Crippen molar-refractivity contribution in [3.8, 4) is 11.5 Å². The van der Waals surface area contributed by atoms with Crippen molar-refractivity contribution in [3.63, 3.8) is 0 Å². The van der Waals surface area contributed by atoms with Crippen molar-refractivity contribution in [1.82, 2.24) is 0 Å². The zero-order valence-corrected chi connectivity index (χ0v) is 14.5. The molecule has 2 nitrogen and oxygen atoms in total. The van der Waals surface area contributed by atoms with Gasteiger partial charge in [-0.1, -0.05) is 34.6 Å². The van der Waals surface area contributed by atoms with E-state index in [1.165, 1.54) is 12.0 Å². The molecule has 2 aliphatic rings. The van der Waals surface area contributed by atoms with E-state index in [1.54, 1.807) is 0 Å². The number of ether oxygens (including phenoxy) is 1. The van der Waals surface area contributed by atoms with Crippen LogP contribution in [0.5, 0.6) is 11.5 Å². The molecule has 0 aromatic heterocycles. The van der Waals surface area contributed by atoms with Crippen molar-refractivity contribution in [2.75, 3.05) is 0 Å². The highest BCUT2D eigenvalue weighted by atomic mass is 16.5. The molecule has 1 N–H and O–H groups in total. The van der Waals surface area contributed by atoms with Gasteiger partial charge in [-0.3, -0.25) is 0 Å². The van der Waals surface area contributed by atoms with Crippen molar-refractivity contribution >= 4 is 0 Å². The van der Waals surface area contributed by atoms with Gasteiger partial charge in [-0.15, -0.1) is 0 Å². The van der Waals surface area contributed by atoms with Crippen LogP contribution in [0.3, 0.4) is 0 Å². The number of hydrogen-bond acceptors (Lipinski definition) is 2. The molecule has 1 aliphatic heterocycles. The highest BCUT2D eigenvalue weighted by Gasteiger charge is 2.35. The summed E-state index contributed by atoms with van der Waals surface area (Å²) >= 11 is 0. The highest BCUT2D eigenvalue weighted by Crippen LogP contribution is 2.50. The van der Waals surface area contributed by atoms with Crippen LogP contribution < -0.4 is 4.74 Å². The minimum atomic E-state index is -0.0805. The van der Waals surface area contributed by atoms with Crippen molar-refractivity contribution < 1.29 is 9.84 Å². The number of aromatic hydroxyl groups is 1. The van der Waals surface area contributed by atoms with E-state index >= 15 is 0 Å². The lowest BCUT2D eigenvalue weighted by Crippen LogP contribution is -2.25. The monoisotopic (exact) mass is 300 g/mol. The largest absolute Gasteiger partial charge is 0.508 e. The Hall–Kier alpha value is -1.44. The smallest absolute Gasteiger partial charge is 0.131 e. The number of benzene rings is 1. The maximum atomic E-state index is 10.6. The predicted octanol–water partition coefficient (Wildman–Crippen LogP) is 5.65. The van der Waals surface area contributed by atoms with Crippen LogP contribution in [0.15, 0.2) is 24.0 Å². The maximum Gasteiger partial charge on any atom is 0.131 e. The Balaban J connectivity index is 2.00. The summed E-state index contributed by atoms with van der Waals surface area (Å²) in [6, 6.07) is 4.03. The second kappa shape index (κ2) is 5.04. The average molecular weight is 300 g/mol. The standard InChI is InChI=1S/C20H28O2/c1-19(2,3)12-20(4,5)15-11-18-14(10-16(15)21)13-8-6-7-9-17(13)22-18/h9-11,13,21H,6-8,12H2,1-5H3. The van der Waals surface area contributed by atoms with Gasteiger partial charge >= 0.3 is 0 Å². The van der Waals surface area contributed by atoms with E-state index in [-0.39, 0.29) is 10.8 Å². The zero-order valence-electron chi connectivity index (χ0n) is 14.5. The zero-order chi connectivity index (χ0) is 16.1. The molecular weight excluding hydrogens is 272 g/mol. The first-order valence-corrected chi connectivity index (χ1v) is 8.43. The van der Waals surface area contributed by atoms with E-state index in [0.29, 0.717) is 11.7 Å². The molecule has 1 aliphatic carbocycles. The van der Waals surface area contributed by atoms with Crippen molar-refractivity contribution in [2.24, 2.45) is 5.41 Å². The summed E-state index contributed by atoms with van der Waals surface area (Å²) in [6.07, 6.45) is 6.66. The summed E-state index contributed by atoms with van der Waals surface area (Å²) in [5.74, 6) is 2.82. The van der Waals surface area contributed by atoms with E-state index in [9.17, 15) is 5.11 Å². The Kier molecular flexibility index (Phi) is 3.54. The van der Waals surface area contributed by atoms with Crippen LogP contribution >= 0.6 is 0 Å². The van der Waals surface area contributed by atoms with Gasteiger partial charge in [0.1, 0.15) is 17.3 Å². The van der Waals surface area contributed by atoms with E-state index < -0.39 is 0 Å². The Labute approximate surface area is 134 Å².